The molecule has 1 amide bonds. The number of nitrogens with zero attached hydrogens (tertiary/aromatic N) is 2. The van der Waals surface area contributed by atoms with Crippen molar-refractivity contribution in [1.82, 2.24) is 15.3 Å². The molecule has 3 aromatic rings. The number of nitrogens with one attached hydrogen (secondary N) is 1. The van der Waals surface area contributed by atoms with E-state index < -0.39 is 0 Å². The highest BCUT2D eigenvalue weighted by Gasteiger charge is 2.12. The van der Waals surface area contributed by atoms with Gasteiger partial charge in [-0.2, -0.15) is 0 Å². The van der Waals surface area contributed by atoms with Gasteiger partial charge >= 0.3 is 0 Å². The first-order valence-corrected chi connectivity index (χ1v) is 7.33. The van der Waals surface area contributed by atoms with Gasteiger partial charge in [0.1, 0.15) is 5.75 Å². The fourth-order valence-corrected chi connectivity index (χ4v) is 2.36. The van der Waals surface area contributed by atoms with Crippen molar-refractivity contribution >= 4 is 16.9 Å². The predicted octanol–water partition coefficient (Wildman–Crippen LogP) is 3.13. The summed E-state index contributed by atoms with van der Waals surface area (Å²) in [6.45, 7) is 1.95. The van der Waals surface area contributed by atoms with Crippen LogP contribution < -0.4 is 10.1 Å². The summed E-state index contributed by atoms with van der Waals surface area (Å²) < 4.78 is 5.14. The molecule has 0 unspecified atom stereocenters. The lowest BCUT2D eigenvalue weighted by Crippen LogP contribution is -2.26. The zero-order valence-corrected chi connectivity index (χ0v) is 13.0. The predicted molar refractivity (Wildman–Crippen MR) is 88.4 cm³/mol. The van der Waals surface area contributed by atoms with Crippen LogP contribution in [0.3, 0.4) is 0 Å². The van der Waals surface area contributed by atoms with Gasteiger partial charge in [-0.25, -0.2) is 0 Å². The molecule has 0 aliphatic carbocycles. The first kappa shape index (κ1) is 15.0. The molecule has 5 nitrogen and oxygen atoms in total. The topological polar surface area (TPSA) is 64.1 Å². The Bertz CT molecular complexity index is 831. The van der Waals surface area contributed by atoms with Crippen LogP contribution in [0.5, 0.6) is 5.75 Å². The van der Waals surface area contributed by atoms with Gasteiger partial charge in [0.05, 0.1) is 24.2 Å². The van der Waals surface area contributed by atoms with E-state index >= 15 is 0 Å². The Balaban J connectivity index is 1.76. The van der Waals surface area contributed by atoms with Gasteiger partial charge in [0.15, 0.2) is 0 Å². The molecule has 23 heavy (non-hydrogen) atoms. The molecule has 3 rings (SSSR count). The van der Waals surface area contributed by atoms with E-state index in [4.69, 9.17) is 4.74 Å². The van der Waals surface area contributed by atoms with E-state index in [2.05, 4.69) is 15.3 Å². The molecule has 0 fully saturated rings. The molecule has 1 N–H and O–H groups in total. The quantitative estimate of drug-likeness (QED) is 0.804. The Hall–Kier alpha value is -2.95. The summed E-state index contributed by atoms with van der Waals surface area (Å²) in [4.78, 5) is 20.8. The monoisotopic (exact) mass is 307 g/mol. The number of hydrogen-bond donors (Lipinski definition) is 1. The summed E-state index contributed by atoms with van der Waals surface area (Å²) in [5.74, 6) is 0.654. The number of carbonyl (C=O) groups excluding carboxylic acids is 1. The molecule has 0 saturated heterocycles. The molecule has 1 atom stereocenters. The highest BCUT2D eigenvalue weighted by atomic mass is 16.5. The van der Waals surface area contributed by atoms with Crippen molar-refractivity contribution in [2.24, 2.45) is 0 Å². The summed E-state index contributed by atoms with van der Waals surface area (Å²) in [6.07, 6.45) is 3.25. The summed E-state index contributed by atoms with van der Waals surface area (Å²) in [7, 11) is 1.63. The molecule has 0 bridgehead atoms. The molecule has 0 saturated carbocycles. The van der Waals surface area contributed by atoms with E-state index in [1.807, 2.05) is 31.2 Å². The van der Waals surface area contributed by atoms with E-state index in [1.54, 1.807) is 37.7 Å². The minimum Gasteiger partial charge on any atom is -0.497 e. The van der Waals surface area contributed by atoms with E-state index in [0.29, 0.717) is 11.1 Å². The molecule has 116 valence electrons. The van der Waals surface area contributed by atoms with Crippen LogP contribution in [-0.4, -0.2) is 23.0 Å². The van der Waals surface area contributed by atoms with E-state index in [-0.39, 0.29) is 11.9 Å². The third kappa shape index (κ3) is 3.29. The van der Waals surface area contributed by atoms with Crippen molar-refractivity contribution < 1.29 is 9.53 Å². The summed E-state index contributed by atoms with van der Waals surface area (Å²) in [5.41, 5.74) is 3.06. The van der Waals surface area contributed by atoms with Gasteiger partial charge in [-0.05, 0) is 42.8 Å². The molecule has 0 spiro atoms. The second-order valence-corrected chi connectivity index (χ2v) is 5.23. The smallest absolute Gasteiger partial charge is 0.251 e. The molecule has 0 aliphatic heterocycles. The lowest BCUT2D eigenvalue weighted by Gasteiger charge is -2.15. The third-order valence-corrected chi connectivity index (χ3v) is 3.69. The zero-order chi connectivity index (χ0) is 16.2. The van der Waals surface area contributed by atoms with Gasteiger partial charge in [-0.15, -0.1) is 0 Å². The first-order chi connectivity index (χ1) is 11.2. The van der Waals surface area contributed by atoms with Crippen LogP contribution in [0.1, 0.15) is 28.9 Å². The number of aromatic nitrogens is 2. The van der Waals surface area contributed by atoms with Crippen molar-refractivity contribution in [3.8, 4) is 5.75 Å². The average Bonchev–Trinajstić information content (AvgIpc) is 2.61. The Morgan fingerprint density at radius 1 is 1.04 bits per heavy atom. The average molecular weight is 307 g/mol. The van der Waals surface area contributed by atoms with Crippen LogP contribution >= 0.6 is 0 Å². The lowest BCUT2D eigenvalue weighted by molar-refractivity contribution is 0.0940. The van der Waals surface area contributed by atoms with Crippen molar-refractivity contribution in [1.29, 1.82) is 0 Å². The van der Waals surface area contributed by atoms with Crippen molar-refractivity contribution in [2.45, 2.75) is 13.0 Å². The molecule has 5 heteroatoms. The minimum absolute atomic E-state index is 0.106. The number of fused-ring (bicyclic) bond motifs is 1. The Morgan fingerprint density at radius 2 is 1.74 bits per heavy atom. The Kier molecular flexibility index (Phi) is 4.19. The number of methoxy groups -OCH3 is 1. The number of rotatable bonds is 4. The minimum atomic E-state index is -0.138. The number of carbonyl (C=O) groups is 1. The maximum Gasteiger partial charge on any atom is 0.251 e. The number of hydrogen-bond acceptors (Lipinski definition) is 4. The third-order valence-electron chi connectivity index (χ3n) is 3.69. The van der Waals surface area contributed by atoms with Crippen LogP contribution in [0.25, 0.3) is 11.0 Å². The first-order valence-electron chi connectivity index (χ1n) is 7.33. The SMILES string of the molecule is COc1ccc([C@H](C)NC(=O)c2ccc3nccnc3c2)cc1. The summed E-state index contributed by atoms with van der Waals surface area (Å²) in [6, 6.07) is 12.8. The highest BCUT2D eigenvalue weighted by molar-refractivity contribution is 5.97. The number of amides is 1. The lowest BCUT2D eigenvalue weighted by atomic mass is 10.1. The van der Waals surface area contributed by atoms with Crippen LogP contribution in [0.15, 0.2) is 54.9 Å². The van der Waals surface area contributed by atoms with E-state index in [9.17, 15) is 4.79 Å². The molecular formula is C18H17N3O2. The van der Waals surface area contributed by atoms with Crippen LogP contribution in [0, 0.1) is 0 Å². The number of ether oxygens (including phenoxy) is 1. The van der Waals surface area contributed by atoms with Gasteiger partial charge in [0.25, 0.3) is 5.91 Å². The standard InChI is InChI=1S/C18H17N3O2/c1-12(13-3-6-15(23-2)7-4-13)21-18(22)14-5-8-16-17(11-14)20-10-9-19-16/h3-12H,1-2H3,(H,21,22)/t12-/m0/s1. The Morgan fingerprint density at radius 3 is 2.43 bits per heavy atom. The van der Waals surface area contributed by atoms with Gasteiger partial charge in [-0.1, -0.05) is 12.1 Å². The zero-order valence-electron chi connectivity index (χ0n) is 13.0. The van der Waals surface area contributed by atoms with Crippen molar-refractivity contribution in [3.63, 3.8) is 0 Å². The van der Waals surface area contributed by atoms with Crippen molar-refractivity contribution in [3.05, 3.63) is 66.0 Å². The van der Waals surface area contributed by atoms with Gasteiger partial charge < -0.3 is 10.1 Å². The van der Waals surface area contributed by atoms with E-state index in [0.717, 1.165) is 16.8 Å². The van der Waals surface area contributed by atoms with Crippen LogP contribution in [-0.2, 0) is 0 Å². The largest absolute Gasteiger partial charge is 0.497 e. The van der Waals surface area contributed by atoms with Gasteiger partial charge in [0.2, 0.25) is 0 Å². The molecule has 1 aromatic heterocycles. The Labute approximate surface area is 134 Å². The van der Waals surface area contributed by atoms with Crippen LogP contribution in [0.4, 0.5) is 0 Å². The molecule has 2 aromatic carbocycles. The second-order valence-electron chi connectivity index (χ2n) is 5.23. The fraction of sp³-hybridized carbons (Fsp3) is 0.167. The van der Waals surface area contributed by atoms with Crippen molar-refractivity contribution in [2.75, 3.05) is 7.11 Å². The number of benzene rings is 2. The highest BCUT2D eigenvalue weighted by Crippen LogP contribution is 2.18. The summed E-state index contributed by atoms with van der Waals surface area (Å²) >= 11 is 0. The maximum absolute atomic E-state index is 12.4. The fourth-order valence-electron chi connectivity index (χ4n) is 2.36. The maximum atomic E-state index is 12.4. The van der Waals surface area contributed by atoms with E-state index in [1.165, 1.54) is 0 Å². The second kappa shape index (κ2) is 6.44. The van der Waals surface area contributed by atoms with Gasteiger partial charge in [-0.3, -0.25) is 14.8 Å². The van der Waals surface area contributed by atoms with Crippen LogP contribution in [0.2, 0.25) is 0 Å². The summed E-state index contributed by atoms with van der Waals surface area (Å²) in [5, 5.41) is 2.99. The normalized spacial score (nSPS) is 11.9. The molecule has 0 radical (unpaired) electrons. The molecule has 0 aliphatic rings. The molecule has 1 heterocycles. The molecular weight excluding hydrogens is 290 g/mol. The van der Waals surface area contributed by atoms with Gasteiger partial charge in [0, 0.05) is 18.0 Å².